The highest BCUT2D eigenvalue weighted by Gasteiger charge is 2.43. The van der Waals surface area contributed by atoms with Crippen molar-refractivity contribution in [3.05, 3.63) is 93.9 Å². The molecule has 1 fully saturated rings. The van der Waals surface area contributed by atoms with Crippen LogP contribution in [0.15, 0.2) is 77.8 Å². The smallest absolute Gasteiger partial charge is 0.167 e. The number of pyridine rings is 1. The molecule has 3 nitrogen and oxygen atoms in total. The fourth-order valence-corrected chi connectivity index (χ4v) is 4.79. The monoisotopic (exact) mass is 402 g/mol. The van der Waals surface area contributed by atoms with E-state index in [0.717, 1.165) is 36.3 Å². The van der Waals surface area contributed by atoms with Crippen molar-refractivity contribution in [1.29, 1.82) is 0 Å². The normalized spacial score (nSPS) is 20.8. The molecule has 0 bridgehead atoms. The Labute approximate surface area is 176 Å². The van der Waals surface area contributed by atoms with Gasteiger partial charge in [0.15, 0.2) is 5.78 Å². The molecular weight excluding hydrogens is 376 g/mol. The number of likely N-dealkylation sites (tertiary alicyclic amines) is 1. The maximum atomic E-state index is 13.5. The van der Waals surface area contributed by atoms with Crippen LogP contribution in [-0.2, 0) is 11.2 Å². The number of nitrogens with zero attached hydrogens (tertiary/aromatic N) is 2. The van der Waals surface area contributed by atoms with Crippen LogP contribution in [0.2, 0.25) is 0 Å². The number of benzene rings is 1. The molecule has 4 heteroatoms. The van der Waals surface area contributed by atoms with E-state index in [-0.39, 0.29) is 11.8 Å². The number of rotatable bonds is 5. The van der Waals surface area contributed by atoms with Gasteiger partial charge in [-0.2, -0.15) is 0 Å². The van der Waals surface area contributed by atoms with Crippen LogP contribution in [0.25, 0.3) is 6.08 Å². The van der Waals surface area contributed by atoms with E-state index < -0.39 is 5.41 Å². The average molecular weight is 403 g/mol. The van der Waals surface area contributed by atoms with E-state index in [2.05, 4.69) is 65.5 Å². The number of Topliss-reactive ketones (excluding diaryl/α,β-unsaturated/α-hetero) is 1. The van der Waals surface area contributed by atoms with Crippen LogP contribution < -0.4 is 0 Å². The van der Waals surface area contributed by atoms with Crippen molar-refractivity contribution in [2.24, 2.45) is 5.41 Å². The van der Waals surface area contributed by atoms with Crippen molar-refractivity contribution in [2.75, 3.05) is 13.1 Å². The number of piperidine rings is 1. The topological polar surface area (TPSA) is 33.2 Å². The number of carbonyl (C=O) groups is 1. The summed E-state index contributed by atoms with van der Waals surface area (Å²) in [6, 6.07) is 20.4. The Bertz CT molecular complexity index is 978. The zero-order valence-electron chi connectivity index (χ0n) is 16.9. The average Bonchev–Trinajstić information content (AvgIpc) is 3.25. The van der Waals surface area contributed by atoms with Gasteiger partial charge >= 0.3 is 0 Å². The van der Waals surface area contributed by atoms with Crippen LogP contribution >= 0.6 is 11.3 Å². The number of hydrogen-bond acceptors (Lipinski definition) is 4. The lowest BCUT2D eigenvalue weighted by Crippen LogP contribution is -2.49. The van der Waals surface area contributed by atoms with Crippen LogP contribution in [0.3, 0.4) is 0 Å². The van der Waals surface area contributed by atoms with Crippen molar-refractivity contribution in [2.45, 2.75) is 26.3 Å². The molecule has 0 N–H and O–H groups in total. The summed E-state index contributed by atoms with van der Waals surface area (Å²) >= 11 is 1.79. The molecule has 0 spiro atoms. The highest BCUT2D eigenvalue weighted by atomic mass is 32.1. The van der Waals surface area contributed by atoms with Crippen LogP contribution in [0.1, 0.15) is 36.0 Å². The first-order valence-corrected chi connectivity index (χ1v) is 10.9. The van der Waals surface area contributed by atoms with Gasteiger partial charge in [0.25, 0.3) is 0 Å². The van der Waals surface area contributed by atoms with Crippen molar-refractivity contribution < 1.29 is 4.79 Å². The number of carbonyl (C=O) groups excluding carboxylic acids is 1. The zero-order valence-corrected chi connectivity index (χ0v) is 17.7. The molecule has 1 saturated heterocycles. The van der Waals surface area contributed by atoms with Gasteiger partial charge in [0.1, 0.15) is 0 Å². The van der Waals surface area contributed by atoms with Gasteiger partial charge in [-0.3, -0.25) is 14.7 Å². The Hall–Kier alpha value is -2.56. The summed E-state index contributed by atoms with van der Waals surface area (Å²) in [5.74, 6) is 0.212. The second kappa shape index (κ2) is 8.44. The van der Waals surface area contributed by atoms with Crippen molar-refractivity contribution in [3.8, 4) is 0 Å². The fourth-order valence-electron chi connectivity index (χ4n) is 4.09. The predicted octanol–water partition coefficient (Wildman–Crippen LogP) is 5.42. The molecule has 0 saturated carbocycles. The minimum Gasteiger partial charge on any atom is -0.294 e. The van der Waals surface area contributed by atoms with Gasteiger partial charge in [0, 0.05) is 35.2 Å². The molecule has 0 radical (unpaired) electrons. The fraction of sp³-hybridized carbons (Fsp3) is 0.280. The molecule has 148 valence electrons. The van der Waals surface area contributed by atoms with E-state index in [9.17, 15) is 4.79 Å². The number of aromatic nitrogens is 1. The Kier molecular flexibility index (Phi) is 5.74. The Morgan fingerprint density at radius 2 is 1.90 bits per heavy atom. The molecule has 0 amide bonds. The SMILES string of the molecule is CC1(C)CN(CCc2cccs2)C(c2ccccc2)/C(=C\c2ccccn2)C1=O. The summed E-state index contributed by atoms with van der Waals surface area (Å²) in [7, 11) is 0. The molecule has 1 unspecified atom stereocenters. The van der Waals surface area contributed by atoms with Crippen molar-refractivity contribution in [3.63, 3.8) is 0 Å². The highest BCUT2D eigenvalue weighted by molar-refractivity contribution is 7.09. The van der Waals surface area contributed by atoms with E-state index in [4.69, 9.17) is 0 Å². The summed E-state index contributed by atoms with van der Waals surface area (Å²) in [6.45, 7) is 5.77. The van der Waals surface area contributed by atoms with Gasteiger partial charge in [-0.1, -0.05) is 56.3 Å². The quantitative estimate of drug-likeness (QED) is 0.534. The molecule has 1 aromatic carbocycles. The van der Waals surface area contributed by atoms with Crippen molar-refractivity contribution >= 4 is 23.2 Å². The van der Waals surface area contributed by atoms with E-state index in [0.29, 0.717) is 0 Å². The second-order valence-electron chi connectivity index (χ2n) is 8.18. The first-order valence-electron chi connectivity index (χ1n) is 10.0. The standard InChI is InChI=1S/C25H26N2OS/c1-25(2)18-27(15-13-21-12-8-16-29-21)23(19-9-4-3-5-10-19)22(24(25)28)17-20-11-6-7-14-26-20/h3-12,14,16-17,23H,13,15,18H2,1-2H3/b22-17+. The maximum Gasteiger partial charge on any atom is 0.167 e. The Morgan fingerprint density at radius 3 is 2.59 bits per heavy atom. The van der Waals surface area contributed by atoms with E-state index in [1.54, 1.807) is 17.5 Å². The van der Waals surface area contributed by atoms with Crippen LogP contribution in [0.5, 0.6) is 0 Å². The summed E-state index contributed by atoms with van der Waals surface area (Å²) in [5, 5.41) is 2.13. The minimum atomic E-state index is -0.429. The molecule has 1 aliphatic rings. The van der Waals surface area contributed by atoms with E-state index in [1.807, 2.05) is 30.3 Å². The lowest BCUT2D eigenvalue weighted by Gasteiger charge is -2.44. The molecule has 29 heavy (non-hydrogen) atoms. The van der Waals surface area contributed by atoms with E-state index >= 15 is 0 Å². The van der Waals surface area contributed by atoms with Gasteiger partial charge in [-0.25, -0.2) is 0 Å². The summed E-state index contributed by atoms with van der Waals surface area (Å²) < 4.78 is 0. The summed E-state index contributed by atoms with van der Waals surface area (Å²) in [5.41, 5.74) is 2.39. The number of thiophene rings is 1. The van der Waals surface area contributed by atoms with Crippen LogP contribution in [0.4, 0.5) is 0 Å². The molecule has 1 aliphatic heterocycles. The van der Waals surface area contributed by atoms with Crippen LogP contribution in [-0.4, -0.2) is 28.8 Å². The molecule has 0 aliphatic carbocycles. The second-order valence-corrected chi connectivity index (χ2v) is 9.21. The lowest BCUT2D eigenvalue weighted by molar-refractivity contribution is -0.128. The van der Waals surface area contributed by atoms with E-state index in [1.165, 1.54) is 4.88 Å². The molecule has 1 atom stereocenters. The van der Waals surface area contributed by atoms with Crippen molar-refractivity contribution in [1.82, 2.24) is 9.88 Å². The zero-order chi connectivity index (χ0) is 20.3. The Morgan fingerprint density at radius 1 is 1.10 bits per heavy atom. The van der Waals surface area contributed by atoms with Crippen LogP contribution in [0, 0.1) is 5.41 Å². The van der Waals surface area contributed by atoms with Gasteiger partial charge in [0.2, 0.25) is 0 Å². The first-order chi connectivity index (χ1) is 14.0. The molecular formula is C25H26N2OS. The third-order valence-electron chi connectivity index (χ3n) is 5.47. The highest BCUT2D eigenvalue weighted by Crippen LogP contribution is 2.41. The van der Waals surface area contributed by atoms with Gasteiger partial charge in [-0.15, -0.1) is 11.3 Å². The number of hydrogen-bond donors (Lipinski definition) is 0. The lowest BCUT2D eigenvalue weighted by atomic mass is 9.74. The predicted molar refractivity (Wildman–Crippen MR) is 120 cm³/mol. The molecule has 3 aromatic rings. The largest absolute Gasteiger partial charge is 0.294 e. The number of ketones is 1. The third kappa shape index (κ3) is 4.39. The third-order valence-corrected chi connectivity index (χ3v) is 6.40. The molecule has 2 aromatic heterocycles. The Balaban J connectivity index is 1.76. The first kappa shape index (κ1) is 19.7. The maximum absolute atomic E-state index is 13.5. The van der Waals surface area contributed by atoms with Gasteiger partial charge < -0.3 is 0 Å². The molecule has 4 rings (SSSR count). The minimum absolute atomic E-state index is 0.0568. The molecule has 3 heterocycles. The summed E-state index contributed by atoms with van der Waals surface area (Å²) in [4.78, 5) is 21.8. The summed E-state index contributed by atoms with van der Waals surface area (Å²) in [6.07, 6.45) is 4.75. The van der Waals surface area contributed by atoms with Gasteiger partial charge in [-0.05, 0) is 41.6 Å². The van der Waals surface area contributed by atoms with Gasteiger partial charge in [0.05, 0.1) is 11.7 Å².